The van der Waals surface area contributed by atoms with E-state index in [2.05, 4.69) is 4.74 Å². The summed E-state index contributed by atoms with van der Waals surface area (Å²) in [5.74, 6) is -0.172. The van der Waals surface area contributed by atoms with E-state index in [-0.39, 0.29) is 5.75 Å². The monoisotopic (exact) mass is 203 g/mol. The van der Waals surface area contributed by atoms with Crippen LogP contribution in [-0.4, -0.2) is 12.0 Å². The molecule has 0 radical (unpaired) electrons. The molecule has 0 aliphatic carbocycles. The normalized spacial score (nSPS) is 10.3. The highest BCUT2D eigenvalue weighted by molar-refractivity contribution is 5.50. The summed E-state index contributed by atoms with van der Waals surface area (Å²) in [4.78, 5) is 9.55. The number of hydrogen-bond acceptors (Lipinski definition) is 3. The summed E-state index contributed by atoms with van der Waals surface area (Å²) in [6.07, 6.45) is -2.92. The van der Waals surface area contributed by atoms with Crippen LogP contribution in [0, 0.1) is 10.1 Å². The molecule has 0 atom stereocenters. The van der Waals surface area contributed by atoms with Crippen LogP contribution in [0.4, 0.5) is 14.5 Å². The summed E-state index contributed by atoms with van der Waals surface area (Å²) in [6.45, 7) is 0. The number of nitro benzene ring substituents is 1. The maximum absolute atomic E-state index is 12.5. The topological polar surface area (TPSA) is 52.4 Å². The van der Waals surface area contributed by atoms with E-state index in [1.54, 1.807) is 0 Å². The Bertz CT molecular complexity index is 354. The molecule has 0 aromatic heterocycles. The van der Waals surface area contributed by atoms with E-state index in [1.807, 2.05) is 0 Å². The Morgan fingerprint density at radius 3 is 2.57 bits per heavy atom. The van der Waals surface area contributed by atoms with Crippen LogP contribution in [0.15, 0.2) is 18.2 Å². The van der Waals surface area contributed by atoms with Crippen LogP contribution in [0.25, 0.3) is 0 Å². The maximum atomic E-state index is 12.5. The van der Waals surface area contributed by atoms with Gasteiger partial charge in [-0.1, -0.05) is 6.07 Å². The average Bonchev–Trinajstić information content (AvgIpc) is 2.16. The van der Waals surface area contributed by atoms with E-state index in [4.69, 9.17) is 0 Å². The highest BCUT2D eigenvalue weighted by atomic mass is 19.3. The van der Waals surface area contributed by atoms with Crippen LogP contribution in [-0.2, 0) is 0 Å². The third-order valence-electron chi connectivity index (χ3n) is 1.68. The average molecular weight is 203 g/mol. The number of nitrogens with zero attached hydrogens (tertiary/aromatic N) is 1. The summed E-state index contributed by atoms with van der Waals surface area (Å²) >= 11 is 0. The van der Waals surface area contributed by atoms with Crippen LogP contribution in [0.1, 0.15) is 12.0 Å². The fraction of sp³-hybridized carbons (Fsp3) is 0.250. The van der Waals surface area contributed by atoms with Gasteiger partial charge in [-0.3, -0.25) is 10.1 Å². The lowest BCUT2D eigenvalue weighted by Gasteiger charge is -2.07. The maximum Gasteiger partial charge on any atom is 0.282 e. The van der Waals surface area contributed by atoms with Gasteiger partial charge < -0.3 is 4.74 Å². The first-order valence-corrected chi connectivity index (χ1v) is 3.67. The SMILES string of the molecule is COc1cccc([N+](=O)[O-])c1C(F)F. The molecule has 0 heterocycles. The molecule has 76 valence electrons. The number of benzene rings is 1. The summed E-state index contributed by atoms with van der Waals surface area (Å²) in [5, 5.41) is 10.4. The number of methoxy groups -OCH3 is 1. The first-order valence-electron chi connectivity index (χ1n) is 3.67. The molecule has 14 heavy (non-hydrogen) atoms. The number of ether oxygens (including phenoxy) is 1. The Morgan fingerprint density at radius 1 is 1.50 bits per heavy atom. The minimum absolute atomic E-state index is 0.172. The Balaban J connectivity index is 3.35. The zero-order valence-electron chi connectivity index (χ0n) is 7.24. The third kappa shape index (κ3) is 1.78. The van der Waals surface area contributed by atoms with Crippen molar-refractivity contribution in [2.24, 2.45) is 0 Å². The minimum atomic E-state index is -2.92. The second-order valence-electron chi connectivity index (χ2n) is 2.45. The highest BCUT2D eigenvalue weighted by Crippen LogP contribution is 2.36. The van der Waals surface area contributed by atoms with Crippen LogP contribution >= 0.6 is 0 Å². The fourth-order valence-corrected chi connectivity index (χ4v) is 1.09. The number of hydrogen-bond donors (Lipinski definition) is 0. The van der Waals surface area contributed by atoms with Crippen LogP contribution in [0.2, 0.25) is 0 Å². The van der Waals surface area contributed by atoms with Gasteiger partial charge in [-0.25, -0.2) is 8.78 Å². The van der Waals surface area contributed by atoms with Gasteiger partial charge in [0, 0.05) is 6.07 Å². The molecule has 0 fully saturated rings. The first kappa shape index (κ1) is 10.4. The van der Waals surface area contributed by atoms with E-state index in [1.165, 1.54) is 19.2 Å². The number of rotatable bonds is 3. The van der Waals surface area contributed by atoms with Gasteiger partial charge in [0.05, 0.1) is 12.0 Å². The number of halogens is 2. The molecular formula is C8H7F2NO3. The van der Waals surface area contributed by atoms with Gasteiger partial charge in [-0.2, -0.15) is 0 Å². The van der Waals surface area contributed by atoms with Gasteiger partial charge in [0.25, 0.3) is 12.1 Å². The smallest absolute Gasteiger partial charge is 0.282 e. The third-order valence-corrected chi connectivity index (χ3v) is 1.68. The molecule has 6 heteroatoms. The van der Waals surface area contributed by atoms with Crippen molar-refractivity contribution < 1.29 is 18.4 Å². The highest BCUT2D eigenvalue weighted by Gasteiger charge is 2.25. The van der Waals surface area contributed by atoms with Crippen molar-refractivity contribution in [3.8, 4) is 5.75 Å². The summed E-state index contributed by atoms with van der Waals surface area (Å²) in [6, 6.07) is 3.57. The van der Waals surface area contributed by atoms with Gasteiger partial charge in [0.2, 0.25) is 0 Å². The molecule has 1 rings (SSSR count). The molecule has 1 aromatic rings. The van der Waals surface area contributed by atoms with Crippen LogP contribution in [0.5, 0.6) is 5.75 Å². The number of alkyl halides is 2. The minimum Gasteiger partial charge on any atom is -0.496 e. The molecule has 4 nitrogen and oxygen atoms in total. The molecule has 0 saturated heterocycles. The van der Waals surface area contributed by atoms with E-state index >= 15 is 0 Å². The Kier molecular flexibility index (Phi) is 2.95. The van der Waals surface area contributed by atoms with E-state index in [0.717, 1.165) is 6.07 Å². The Labute approximate surface area is 78.3 Å². The van der Waals surface area contributed by atoms with Gasteiger partial charge in [0.15, 0.2) is 0 Å². The lowest BCUT2D eigenvalue weighted by atomic mass is 10.1. The zero-order chi connectivity index (χ0) is 10.7. The van der Waals surface area contributed by atoms with Gasteiger partial charge in [-0.05, 0) is 6.07 Å². The molecule has 0 N–H and O–H groups in total. The molecule has 0 aliphatic heterocycles. The van der Waals surface area contributed by atoms with Crippen molar-refractivity contribution >= 4 is 5.69 Å². The van der Waals surface area contributed by atoms with Gasteiger partial charge in [0.1, 0.15) is 11.3 Å². The molecule has 0 spiro atoms. The Hall–Kier alpha value is -1.72. The lowest BCUT2D eigenvalue weighted by Crippen LogP contribution is -1.99. The molecule has 0 amide bonds. The lowest BCUT2D eigenvalue weighted by molar-refractivity contribution is -0.386. The van der Waals surface area contributed by atoms with Gasteiger partial charge >= 0.3 is 0 Å². The number of nitro groups is 1. The summed E-state index contributed by atoms with van der Waals surface area (Å²) in [5.41, 5.74) is -1.31. The Morgan fingerprint density at radius 2 is 2.14 bits per heavy atom. The second-order valence-corrected chi connectivity index (χ2v) is 2.45. The van der Waals surface area contributed by atoms with Crippen molar-refractivity contribution in [2.75, 3.05) is 7.11 Å². The van der Waals surface area contributed by atoms with Crippen LogP contribution in [0.3, 0.4) is 0 Å². The van der Waals surface area contributed by atoms with Crippen molar-refractivity contribution in [3.63, 3.8) is 0 Å². The molecule has 0 bridgehead atoms. The quantitative estimate of drug-likeness (QED) is 0.560. The second kappa shape index (κ2) is 3.99. The predicted octanol–water partition coefficient (Wildman–Crippen LogP) is 2.54. The van der Waals surface area contributed by atoms with Crippen molar-refractivity contribution in [1.82, 2.24) is 0 Å². The predicted molar refractivity (Wildman–Crippen MR) is 44.6 cm³/mol. The summed E-state index contributed by atoms with van der Waals surface area (Å²) in [7, 11) is 1.19. The largest absolute Gasteiger partial charge is 0.496 e. The van der Waals surface area contributed by atoms with Crippen molar-refractivity contribution in [1.29, 1.82) is 0 Å². The fourth-order valence-electron chi connectivity index (χ4n) is 1.09. The molecule has 1 aromatic carbocycles. The zero-order valence-corrected chi connectivity index (χ0v) is 7.24. The van der Waals surface area contributed by atoms with E-state index in [9.17, 15) is 18.9 Å². The van der Waals surface area contributed by atoms with Crippen molar-refractivity contribution in [2.45, 2.75) is 6.43 Å². The molecule has 0 unspecified atom stereocenters. The molecular weight excluding hydrogens is 196 g/mol. The van der Waals surface area contributed by atoms with E-state index in [0.29, 0.717) is 0 Å². The van der Waals surface area contributed by atoms with E-state index < -0.39 is 22.6 Å². The molecule has 0 aliphatic rings. The first-order chi connectivity index (χ1) is 6.57. The summed E-state index contributed by atoms with van der Waals surface area (Å²) < 4.78 is 29.5. The van der Waals surface area contributed by atoms with Crippen LogP contribution < -0.4 is 4.74 Å². The molecule has 0 saturated carbocycles. The standard InChI is InChI=1S/C8H7F2NO3/c1-14-6-4-2-3-5(11(12)13)7(6)8(9)10/h2-4,8H,1H3. The van der Waals surface area contributed by atoms with Crippen molar-refractivity contribution in [3.05, 3.63) is 33.9 Å². The van der Waals surface area contributed by atoms with Gasteiger partial charge in [-0.15, -0.1) is 0 Å².